The van der Waals surface area contributed by atoms with Crippen LogP contribution < -0.4 is 16.2 Å². The number of sulfonamides is 1. The first-order chi connectivity index (χ1) is 8.88. The van der Waals surface area contributed by atoms with E-state index in [1.54, 1.807) is 0 Å². The van der Waals surface area contributed by atoms with Crippen molar-refractivity contribution in [2.45, 2.75) is 17.9 Å². The molecule has 0 aliphatic rings. The molecule has 9 heteroatoms. The molecule has 2 aromatic rings. The van der Waals surface area contributed by atoms with Gasteiger partial charge < -0.3 is 11.1 Å². The second-order valence-electron chi connectivity index (χ2n) is 4.03. The molecule has 1 aromatic heterocycles. The van der Waals surface area contributed by atoms with Crippen LogP contribution >= 0.6 is 0 Å². The smallest absolute Gasteiger partial charge is 0.238 e. The minimum absolute atomic E-state index is 0.00558. The number of hydrogen-bond acceptors (Lipinski definition) is 6. The number of H-pyrrole nitrogens is 1. The van der Waals surface area contributed by atoms with Crippen LogP contribution in [0.4, 0.5) is 11.4 Å². The van der Waals surface area contributed by atoms with Gasteiger partial charge in [-0.15, -0.1) is 0 Å². The number of nitrogen functional groups attached to an aromatic ring is 1. The number of nitrogens with one attached hydrogen (secondary N) is 2. The van der Waals surface area contributed by atoms with Crippen molar-refractivity contribution >= 4 is 21.4 Å². The number of nitrogens with two attached hydrogens (primary N) is 2. The molecular formula is C10H14N6O2S. The van der Waals surface area contributed by atoms with Gasteiger partial charge in [-0.05, 0) is 25.1 Å². The van der Waals surface area contributed by atoms with E-state index in [9.17, 15) is 8.42 Å². The van der Waals surface area contributed by atoms with Gasteiger partial charge in [0.05, 0.1) is 22.3 Å². The van der Waals surface area contributed by atoms with E-state index in [4.69, 9.17) is 10.9 Å². The zero-order valence-electron chi connectivity index (χ0n) is 10.2. The minimum Gasteiger partial charge on any atom is -0.397 e. The van der Waals surface area contributed by atoms with Crippen LogP contribution in [0.25, 0.3) is 0 Å². The van der Waals surface area contributed by atoms with Gasteiger partial charge in [-0.1, -0.05) is 0 Å². The molecule has 1 atom stereocenters. The maximum Gasteiger partial charge on any atom is 0.238 e. The lowest BCUT2D eigenvalue weighted by Gasteiger charge is -2.15. The first-order valence-corrected chi connectivity index (χ1v) is 6.96. The number of hydrogen-bond donors (Lipinski definition) is 4. The van der Waals surface area contributed by atoms with Crippen LogP contribution in [-0.4, -0.2) is 23.6 Å². The number of nitrogens with zero attached hydrogens (tertiary/aromatic N) is 2. The van der Waals surface area contributed by atoms with Gasteiger partial charge in [0.15, 0.2) is 0 Å². The zero-order valence-corrected chi connectivity index (χ0v) is 11.0. The Morgan fingerprint density at radius 1 is 1.42 bits per heavy atom. The van der Waals surface area contributed by atoms with Gasteiger partial charge in [0.1, 0.15) is 12.2 Å². The standard InChI is InChI=1S/C10H14N6O2S/c1-6(10-13-5-14-16-10)15-9-4-7(19(12,17)18)2-3-8(9)11/h2-6,15H,11H2,1H3,(H2,12,17,18)(H,13,14,16). The summed E-state index contributed by atoms with van der Waals surface area (Å²) in [5, 5.41) is 14.6. The lowest BCUT2D eigenvalue weighted by molar-refractivity contribution is 0.598. The van der Waals surface area contributed by atoms with Crippen molar-refractivity contribution in [2.75, 3.05) is 11.1 Å². The Kier molecular flexibility index (Phi) is 3.40. The number of primary sulfonamides is 1. The van der Waals surface area contributed by atoms with Crippen LogP contribution in [0, 0.1) is 0 Å². The lowest BCUT2D eigenvalue weighted by Crippen LogP contribution is -2.14. The van der Waals surface area contributed by atoms with Crippen molar-refractivity contribution in [2.24, 2.45) is 5.14 Å². The highest BCUT2D eigenvalue weighted by Crippen LogP contribution is 2.25. The van der Waals surface area contributed by atoms with Crippen molar-refractivity contribution in [3.05, 3.63) is 30.4 Å². The summed E-state index contributed by atoms with van der Waals surface area (Å²) in [5.41, 5.74) is 6.67. The van der Waals surface area contributed by atoms with Gasteiger partial charge in [-0.3, -0.25) is 5.10 Å². The molecular weight excluding hydrogens is 268 g/mol. The number of aromatic nitrogens is 3. The third-order valence-electron chi connectivity index (χ3n) is 2.57. The molecule has 6 N–H and O–H groups in total. The average Bonchev–Trinajstić information content (AvgIpc) is 2.84. The van der Waals surface area contributed by atoms with Crippen LogP contribution in [0.15, 0.2) is 29.4 Å². The molecule has 0 amide bonds. The molecule has 0 saturated carbocycles. The third kappa shape index (κ3) is 3.01. The molecule has 19 heavy (non-hydrogen) atoms. The summed E-state index contributed by atoms with van der Waals surface area (Å²) in [6, 6.07) is 4.02. The second-order valence-corrected chi connectivity index (χ2v) is 5.59. The summed E-state index contributed by atoms with van der Waals surface area (Å²) < 4.78 is 22.6. The Morgan fingerprint density at radius 2 is 2.16 bits per heavy atom. The fourth-order valence-corrected chi connectivity index (χ4v) is 2.10. The minimum atomic E-state index is -3.76. The third-order valence-corrected chi connectivity index (χ3v) is 3.48. The van der Waals surface area contributed by atoms with E-state index in [1.807, 2.05) is 6.92 Å². The van der Waals surface area contributed by atoms with Crippen molar-refractivity contribution in [1.29, 1.82) is 0 Å². The number of benzene rings is 1. The van der Waals surface area contributed by atoms with Gasteiger partial charge in [0, 0.05) is 0 Å². The van der Waals surface area contributed by atoms with Crippen LogP contribution in [0.5, 0.6) is 0 Å². The number of aromatic amines is 1. The summed E-state index contributed by atoms with van der Waals surface area (Å²) in [6.07, 6.45) is 1.39. The Morgan fingerprint density at radius 3 is 2.74 bits per heavy atom. The molecule has 0 aliphatic carbocycles. The predicted molar refractivity (Wildman–Crippen MR) is 70.6 cm³/mol. The van der Waals surface area contributed by atoms with Crippen LogP contribution in [0.1, 0.15) is 18.8 Å². The molecule has 1 heterocycles. The highest BCUT2D eigenvalue weighted by atomic mass is 32.2. The fraction of sp³-hybridized carbons (Fsp3) is 0.200. The average molecular weight is 282 g/mol. The Bertz CT molecular complexity index is 667. The molecule has 0 fully saturated rings. The summed E-state index contributed by atoms with van der Waals surface area (Å²) in [5.74, 6) is 0.611. The monoisotopic (exact) mass is 282 g/mol. The van der Waals surface area contributed by atoms with E-state index in [0.717, 1.165) is 0 Å². The van der Waals surface area contributed by atoms with E-state index in [2.05, 4.69) is 20.5 Å². The highest BCUT2D eigenvalue weighted by molar-refractivity contribution is 7.89. The predicted octanol–water partition coefficient (Wildman–Crippen LogP) is 0.207. The van der Waals surface area contributed by atoms with Crippen LogP contribution in [0.2, 0.25) is 0 Å². The van der Waals surface area contributed by atoms with Crippen molar-refractivity contribution < 1.29 is 8.42 Å². The molecule has 8 nitrogen and oxygen atoms in total. The summed E-state index contributed by atoms with van der Waals surface area (Å²) in [6.45, 7) is 1.84. The maximum atomic E-state index is 11.3. The van der Waals surface area contributed by atoms with Crippen LogP contribution in [0.3, 0.4) is 0 Å². The summed E-state index contributed by atoms with van der Waals surface area (Å²) in [4.78, 5) is 3.99. The number of rotatable bonds is 4. The van der Waals surface area contributed by atoms with Crippen LogP contribution in [-0.2, 0) is 10.0 Å². The van der Waals surface area contributed by atoms with Gasteiger partial charge in [-0.25, -0.2) is 18.5 Å². The van der Waals surface area contributed by atoms with Crippen molar-refractivity contribution in [3.8, 4) is 0 Å². The van der Waals surface area contributed by atoms with E-state index in [-0.39, 0.29) is 10.9 Å². The maximum absolute atomic E-state index is 11.3. The molecule has 0 bridgehead atoms. The summed E-state index contributed by atoms with van der Waals surface area (Å²) in [7, 11) is -3.76. The molecule has 102 valence electrons. The number of anilines is 2. The quantitative estimate of drug-likeness (QED) is 0.591. The molecule has 0 aliphatic heterocycles. The SMILES string of the molecule is CC(Nc1cc(S(N)(=O)=O)ccc1N)c1ncn[nH]1. The molecule has 0 radical (unpaired) electrons. The van der Waals surface area contributed by atoms with Crippen molar-refractivity contribution in [1.82, 2.24) is 15.2 Å². The fourth-order valence-electron chi connectivity index (χ4n) is 1.56. The molecule has 2 rings (SSSR count). The largest absolute Gasteiger partial charge is 0.397 e. The first-order valence-electron chi connectivity index (χ1n) is 5.42. The Hall–Kier alpha value is -2.13. The van der Waals surface area contributed by atoms with Gasteiger partial charge in [-0.2, -0.15) is 5.10 Å². The molecule has 1 aromatic carbocycles. The van der Waals surface area contributed by atoms with E-state index in [0.29, 0.717) is 17.2 Å². The topological polar surface area (TPSA) is 140 Å². The molecule has 0 saturated heterocycles. The highest BCUT2D eigenvalue weighted by Gasteiger charge is 2.13. The van der Waals surface area contributed by atoms with Gasteiger partial charge in [0.2, 0.25) is 10.0 Å². The first kappa shape index (κ1) is 13.3. The molecule has 0 spiro atoms. The molecule has 1 unspecified atom stereocenters. The van der Waals surface area contributed by atoms with E-state index >= 15 is 0 Å². The van der Waals surface area contributed by atoms with Gasteiger partial charge in [0.25, 0.3) is 0 Å². The second kappa shape index (κ2) is 4.86. The zero-order chi connectivity index (χ0) is 14.0. The lowest BCUT2D eigenvalue weighted by atomic mass is 10.2. The van der Waals surface area contributed by atoms with E-state index < -0.39 is 10.0 Å². The van der Waals surface area contributed by atoms with Gasteiger partial charge >= 0.3 is 0 Å². The van der Waals surface area contributed by atoms with Crippen molar-refractivity contribution in [3.63, 3.8) is 0 Å². The Labute approximate surface area is 110 Å². The Balaban J connectivity index is 2.30. The summed E-state index contributed by atoms with van der Waals surface area (Å²) >= 11 is 0. The normalized spacial score (nSPS) is 13.2. The van der Waals surface area contributed by atoms with E-state index in [1.165, 1.54) is 24.5 Å².